The Hall–Kier alpha value is -1.39. The third-order valence-electron chi connectivity index (χ3n) is 5.00. The average molecular weight is 301 g/mol. The van der Waals surface area contributed by atoms with Crippen molar-refractivity contribution in [3.05, 3.63) is 29.8 Å². The number of carbonyl (C=O) groups excluding carboxylic acids is 1. The van der Waals surface area contributed by atoms with Crippen LogP contribution < -0.4 is 5.32 Å². The Morgan fingerprint density at radius 3 is 2.77 bits per heavy atom. The first-order valence-electron chi connectivity index (χ1n) is 8.46. The van der Waals surface area contributed by atoms with Crippen LogP contribution in [0.25, 0.3) is 0 Å². The molecule has 0 saturated carbocycles. The Bertz CT molecular complexity index is 514. The molecule has 1 amide bonds. The van der Waals surface area contributed by atoms with Crippen molar-refractivity contribution in [3.8, 4) is 0 Å². The summed E-state index contributed by atoms with van der Waals surface area (Å²) in [6, 6.07) is 9.10. The molecular weight excluding hydrogens is 274 g/mol. The molecule has 2 aliphatic heterocycles. The molecule has 4 nitrogen and oxygen atoms in total. The Kier molecular flexibility index (Phi) is 4.79. The topological polar surface area (TPSA) is 35.6 Å². The van der Waals surface area contributed by atoms with Gasteiger partial charge in [-0.15, -0.1) is 0 Å². The summed E-state index contributed by atoms with van der Waals surface area (Å²) >= 11 is 0. The monoisotopic (exact) mass is 301 g/mol. The van der Waals surface area contributed by atoms with Crippen molar-refractivity contribution < 1.29 is 4.79 Å². The maximum atomic E-state index is 12.3. The van der Waals surface area contributed by atoms with Crippen LogP contribution >= 0.6 is 0 Å². The number of amides is 1. The number of anilines is 1. The van der Waals surface area contributed by atoms with E-state index < -0.39 is 0 Å². The molecule has 2 atom stereocenters. The minimum Gasteiger partial charge on any atom is -0.325 e. The molecule has 0 aromatic heterocycles. The van der Waals surface area contributed by atoms with E-state index in [0.717, 1.165) is 18.8 Å². The third kappa shape index (κ3) is 3.68. The highest BCUT2D eigenvalue weighted by molar-refractivity contribution is 5.92. The third-order valence-corrected chi connectivity index (χ3v) is 5.00. The first-order chi connectivity index (χ1) is 10.6. The number of carbonyl (C=O) groups is 1. The molecule has 120 valence electrons. The van der Waals surface area contributed by atoms with Crippen LogP contribution in [0.15, 0.2) is 24.3 Å². The quantitative estimate of drug-likeness (QED) is 0.932. The Balaban J connectivity index is 1.55. The van der Waals surface area contributed by atoms with Crippen LogP contribution in [0.3, 0.4) is 0 Å². The zero-order chi connectivity index (χ0) is 15.5. The summed E-state index contributed by atoms with van der Waals surface area (Å²) in [6.07, 6.45) is 3.94. The van der Waals surface area contributed by atoms with E-state index in [-0.39, 0.29) is 5.91 Å². The summed E-state index contributed by atoms with van der Waals surface area (Å²) in [7, 11) is 0. The molecule has 1 N–H and O–H groups in total. The predicted molar refractivity (Wildman–Crippen MR) is 90.1 cm³/mol. The van der Waals surface area contributed by atoms with E-state index in [4.69, 9.17) is 0 Å². The number of rotatable bonds is 3. The first kappa shape index (κ1) is 15.5. The number of nitrogens with zero attached hydrogens (tertiary/aromatic N) is 2. The zero-order valence-corrected chi connectivity index (χ0v) is 13.7. The van der Waals surface area contributed by atoms with Gasteiger partial charge in [0, 0.05) is 30.9 Å². The molecule has 2 aliphatic rings. The van der Waals surface area contributed by atoms with E-state index in [1.165, 1.54) is 31.4 Å². The Morgan fingerprint density at radius 2 is 2.00 bits per heavy atom. The second kappa shape index (κ2) is 6.80. The fraction of sp³-hybridized carbons (Fsp3) is 0.611. The minimum atomic E-state index is 0.0972. The second-order valence-electron chi connectivity index (χ2n) is 6.84. The van der Waals surface area contributed by atoms with Crippen molar-refractivity contribution in [2.75, 3.05) is 31.5 Å². The normalized spacial score (nSPS) is 26.5. The van der Waals surface area contributed by atoms with Gasteiger partial charge in [0.15, 0.2) is 0 Å². The van der Waals surface area contributed by atoms with Gasteiger partial charge in [-0.1, -0.05) is 24.1 Å². The number of benzene rings is 1. The van der Waals surface area contributed by atoms with Crippen LogP contribution in [-0.2, 0) is 4.79 Å². The minimum absolute atomic E-state index is 0.0972. The number of piperazine rings is 1. The van der Waals surface area contributed by atoms with Crippen molar-refractivity contribution in [1.82, 2.24) is 9.80 Å². The van der Waals surface area contributed by atoms with Crippen molar-refractivity contribution in [3.63, 3.8) is 0 Å². The van der Waals surface area contributed by atoms with Crippen LogP contribution in [0.4, 0.5) is 5.69 Å². The predicted octanol–water partition coefficient (Wildman–Crippen LogP) is 2.49. The molecule has 0 radical (unpaired) electrons. The van der Waals surface area contributed by atoms with Crippen LogP contribution in [0.1, 0.15) is 31.7 Å². The highest BCUT2D eigenvalue weighted by atomic mass is 16.2. The van der Waals surface area contributed by atoms with E-state index in [1.807, 2.05) is 24.3 Å². The summed E-state index contributed by atoms with van der Waals surface area (Å²) < 4.78 is 0. The number of hydrogen-bond donors (Lipinski definition) is 1. The Morgan fingerprint density at radius 1 is 1.23 bits per heavy atom. The van der Waals surface area contributed by atoms with Gasteiger partial charge in [0.25, 0.3) is 0 Å². The maximum Gasteiger partial charge on any atom is 0.238 e. The van der Waals surface area contributed by atoms with Gasteiger partial charge in [0.05, 0.1) is 6.54 Å². The van der Waals surface area contributed by atoms with Gasteiger partial charge in [-0.05, 0) is 45.4 Å². The summed E-state index contributed by atoms with van der Waals surface area (Å²) in [5.41, 5.74) is 2.10. The molecule has 1 aromatic carbocycles. The van der Waals surface area contributed by atoms with Gasteiger partial charge in [-0.3, -0.25) is 14.6 Å². The van der Waals surface area contributed by atoms with Crippen molar-refractivity contribution in [2.45, 2.75) is 45.2 Å². The molecule has 1 aromatic rings. The SMILES string of the molecule is Cc1ccc(NC(=O)CN2C[C@@H]3CCCCN3C[C@@H]2C)cc1. The molecule has 4 heteroatoms. The van der Waals surface area contributed by atoms with E-state index in [2.05, 4.69) is 29.0 Å². The molecule has 2 fully saturated rings. The summed E-state index contributed by atoms with van der Waals surface area (Å²) in [4.78, 5) is 17.3. The van der Waals surface area contributed by atoms with Gasteiger partial charge in [0.1, 0.15) is 0 Å². The smallest absolute Gasteiger partial charge is 0.238 e. The highest BCUT2D eigenvalue weighted by Gasteiger charge is 2.33. The number of hydrogen-bond acceptors (Lipinski definition) is 3. The van der Waals surface area contributed by atoms with Gasteiger partial charge in [0.2, 0.25) is 5.91 Å². The van der Waals surface area contributed by atoms with Gasteiger partial charge in [-0.2, -0.15) is 0 Å². The number of fused-ring (bicyclic) bond motifs is 1. The van der Waals surface area contributed by atoms with Crippen molar-refractivity contribution in [2.24, 2.45) is 0 Å². The number of aryl methyl sites for hydroxylation is 1. The van der Waals surface area contributed by atoms with Gasteiger partial charge >= 0.3 is 0 Å². The summed E-state index contributed by atoms with van der Waals surface area (Å²) in [6.45, 7) is 8.16. The average Bonchev–Trinajstić information content (AvgIpc) is 2.50. The van der Waals surface area contributed by atoms with Gasteiger partial charge < -0.3 is 5.32 Å². The second-order valence-corrected chi connectivity index (χ2v) is 6.84. The van der Waals surface area contributed by atoms with E-state index in [1.54, 1.807) is 0 Å². The zero-order valence-electron chi connectivity index (χ0n) is 13.7. The molecule has 3 rings (SSSR count). The van der Waals surface area contributed by atoms with Crippen LogP contribution in [0.5, 0.6) is 0 Å². The molecule has 0 aliphatic carbocycles. The molecule has 0 bridgehead atoms. The molecule has 0 spiro atoms. The van der Waals surface area contributed by atoms with Crippen molar-refractivity contribution >= 4 is 11.6 Å². The van der Waals surface area contributed by atoms with E-state index >= 15 is 0 Å². The molecule has 0 unspecified atom stereocenters. The summed E-state index contributed by atoms with van der Waals surface area (Å²) in [5.74, 6) is 0.0972. The molecular formula is C18H27N3O. The Labute approximate surface area is 133 Å². The van der Waals surface area contributed by atoms with E-state index in [0.29, 0.717) is 18.6 Å². The lowest BCUT2D eigenvalue weighted by Crippen LogP contribution is -2.59. The number of nitrogens with one attached hydrogen (secondary N) is 1. The largest absolute Gasteiger partial charge is 0.325 e. The standard InChI is InChI=1S/C18H27N3O/c1-14-6-8-16(9-7-14)19-18(22)13-21-12-17-5-3-4-10-20(17)11-15(21)2/h6-9,15,17H,3-5,10-13H2,1-2H3,(H,19,22)/t15-,17-/m0/s1. The molecule has 2 saturated heterocycles. The fourth-order valence-electron chi connectivity index (χ4n) is 3.65. The lowest BCUT2D eigenvalue weighted by Gasteiger charge is -2.47. The number of piperidine rings is 1. The lowest BCUT2D eigenvalue weighted by molar-refractivity contribution is -0.119. The maximum absolute atomic E-state index is 12.3. The summed E-state index contributed by atoms with van der Waals surface area (Å²) in [5, 5.41) is 3.01. The van der Waals surface area contributed by atoms with Gasteiger partial charge in [-0.25, -0.2) is 0 Å². The fourth-order valence-corrected chi connectivity index (χ4v) is 3.65. The lowest BCUT2D eigenvalue weighted by atomic mass is 9.97. The van der Waals surface area contributed by atoms with Crippen LogP contribution in [0.2, 0.25) is 0 Å². The van der Waals surface area contributed by atoms with Crippen molar-refractivity contribution in [1.29, 1.82) is 0 Å². The molecule has 2 heterocycles. The van der Waals surface area contributed by atoms with E-state index in [9.17, 15) is 4.79 Å². The molecule has 22 heavy (non-hydrogen) atoms. The highest BCUT2D eigenvalue weighted by Crippen LogP contribution is 2.23. The van der Waals surface area contributed by atoms with Crippen LogP contribution in [0, 0.1) is 6.92 Å². The first-order valence-corrected chi connectivity index (χ1v) is 8.46. The van der Waals surface area contributed by atoms with Crippen LogP contribution in [-0.4, -0.2) is 54.0 Å².